The number of anilines is 1. The molecule has 1 atom stereocenters. The SMILES string of the molecule is O=C(C1CCOC1)N1CCN(c2cccc(C(F)(F)F)c2)CC1. The zero-order chi connectivity index (χ0) is 16.4. The molecule has 2 aliphatic heterocycles. The highest BCUT2D eigenvalue weighted by Gasteiger charge is 2.32. The Bertz CT molecular complexity index is 563. The fourth-order valence-electron chi connectivity index (χ4n) is 3.05. The van der Waals surface area contributed by atoms with Crippen LogP contribution in [0.2, 0.25) is 0 Å². The number of rotatable bonds is 2. The van der Waals surface area contributed by atoms with Gasteiger partial charge in [-0.05, 0) is 24.6 Å². The summed E-state index contributed by atoms with van der Waals surface area (Å²) in [5.41, 5.74) is -0.0901. The van der Waals surface area contributed by atoms with Crippen molar-refractivity contribution in [3.8, 4) is 0 Å². The molecule has 0 N–H and O–H groups in total. The topological polar surface area (TPSA) is 32.8 Å². The number of piperazine rings is 1. The molecule has 0 bridgehead atoms. The molecule has 2 saturated heterocycles. The number of hydrogen-bond donors (Lipinski definition) is 0. The average molecular weight is 328 g/mol. The number of nitrogens with zero attached hydrogens (tertiary/aromatic N) is 2. The van der Waals surface area contributed by atoms with Crippen LogP contribution >= 0.6 is 0 Å². The lowest BCUT2D eigenvalue weighted by Gasteiger charge is -2.37. The minimum Gasteiger partial charge on any atom is -0.381 e. The van der Waals surface area contributed by atoms with Gasteiger partial charge in [0, 0.05) is 38.5 Å². The Kier molecular flexibility index (Phi) is 4.48. The van der Waals surface area contributed by atoms with Gasteiger partial charge in [0.1, 0.15) is 0 Å². The van der Waals surface area contributed by atoms with E-state index in [4.69, 9.17) is 4.74 Å². The molecule has 2 heterocycles. The Morgan fingerprint density at radius 3 is 2.52 bits per heavy atom. The lowest BCUT2D eigenvalue weighted by Crippen LogP contribution is -2.50. The number of alkyl halides is 3. The molecule has 7 heteroatoms. The first-order chi connectivity index (χ1) is 10.9. The maximum absolute atomic E-state index is 12.8. The van der Waals surface area contributed by atoms with Crippen LogP contribution in [0.25, 0.3) is 0 Å². The third-order valence-corrected chi connectivity index (χ3v) is 4.41. The Morgan fingerprint density at radius 1 is 1.17 bits per heavy atom. The van der Waals surface area contributed by atoms with Crippen molar-refractivity contribution in [1.29, 1.82) is 0 Å². The van der Waals surface area contributed by atoms with E-state index in [0.717, 1.165) is 12.5 Å². The van der Waals surface area contributed by atoms with Gasteiger partial charge in [0.15, 0.2) is 0 Å². The molecule has 0 aromatic heterocycles. The molecule has 2 fully saturated rings. The molecule has 23 heavy (non-hydrogen) atoms. The van der Waals surface area contributed by atoms with E-state index >= 15 is 0 Å². The molecule has 1 aromatic rings. The van der Waals surface area contributed by atoms with E-state index in [0.29, 0.717) is 45.1 Å². The van der Waals surface area contributed by atoms with Gasteiger partial charge < -0.3 is 14.5 Å². The van der Waals surface area contributed by atoms with Crippen molar-refractivity contribution in [3.05, 3.63) is 29.8 Å². The monoisotopic (exact) mass is 328 g/mol. The van der Waals surface area contributed by atoms with Crippen LogP contribution in [0.1, 0.15) is 12.0 Å². The molecule has 126 valence electrons. The zero-order valence-electron chi connectivity index (χ0n) is 12.7. The molecule has 0 spiro atoms. The van der Waals surface area contributed by atoms with Gasteiger partial charge in [0.2, 0.25) is 5.91 Å². The predicted octanol–water partition coefficient (Wildman–Crippen LogP) is 2.39. The van der Waals surface area contributed by atoms with E-state index < -0.39 is 11.7 Å². The summed E-state index contributed by atoms with van der Waals surface area (Å²) in [7, 11) is 0. The van der Waals surface area contributed by atoms with Crippen LogP contribution < -0.4 is 4.90 Å². The number of hydrogen-bond acceptors (Lipinski definition) is 3. The first-order valence-corrected chi connectivity index (χ1v) is 7.74. The van der Waals surface area contributed by atoms with Crippen molar-refractivity contribution >= 4 is 11.6 Å². The first-order valence-electron chi connectivity index (χ1n) is 7.74. The highest BCUT2D eigenvalue weighted by molar-refractivity contribution is 5.79. The van der Waals surface area contributed by atoms with Crippen molar-refractivity contribution in [1.82, 2.24) is 4.90 Å². The van der Waals surface area contributed by atoms with Gasteiger partial charge >= 0.3 is 6.18 Å². The summed E-state index contributed by atoms with van der Waals surface area (Å²) in [5.74, 6) is 0.0429. The number of carbonyl (C=O) groups is 1. The molecule has 3 rings (SSSR count). The number of benzene rings is 1. The molecule has 1 aromatic carbocycles. The van der Waals surface area contributed by atoms with Crippen LogP contribution in [0.3, 0.4) is 0 Å². The van der Waals surface area contributed by atoms with Crippen molar-refractivity contribution in [2.45, 2.75) is 12.6 Å². The standard InChI is InChI=1S/C16H19F3N2O2/c17-16(18,19)13-2-1-3-14(10-13)20-5-7-21(8-6-20)15(22)12-4-9-23-11-12/h1-3,10,12H,4-9,11H2. The van der Waals surface area contributed by atoms with Crippen molar-refractivity contribution in [2.75, 3.05) is 44.3 Å². The molecule has 4 nitrogen and oxygen atoms in total. The van der Waals surface area contributed by atoms with Gasteiger partial charge in [-0.25, -0.2) is 0 Å². The fourth-order valence-corrected chi connectivity index (χ4v) is 3.05. The highest BCUT2D eigenvalue weighted by atomic mass is 19.4. The summed E-state index contributed by atoms with van der Waals surface area (Å²) in [4.78, 5) is 16.0. The summed E-state index contributed by atoms with van der Waals surface area (Å²) in [6, 6.07) is 5.34. The second kappa shape index (κ2) is 6.39. The normalized spacial score (nSPS) is 22.5. The van der Waals surface area contributed by atoms with Crippen LogP contribution in [0.4, 0.5) is 18.9 Å². The lowest BCUT2D eigenvalue weighted by molar-refractivity contribution is -0.137. The van der Waals surface area contributed by atoms with Crippen LogP contribution in [0.5, 0.6) is 0 Å². The predicted molar refractivity (Wildman–Crippen MR) is 79.2 cm³/mol. The van der Waals surface area contributed by atoms with Crippen LogP contribution in [-0.4, -0.2) is 50.2 Å². The summed E-state index contributed by atoms with van der Waals surface area (Å²) >= 11 is 0. The minimum absolute atomic E-state index is 0.0601. The Labute approximate surface area is 132 Å². The molecule has 0 saturated carbocycles. The Balaban J connectivity index is 1.61. The van der Waals surface area contributed by atoms with Crippen LogP contribution in [-0.2, 0) is 15.7 Å². The number of amides is 1. The summed E-state index contributed by atoms with van der Waals surface area (Å²) in [5, 5.41) is 0. The fraction of sp³-hybridized carbons (Fsp3) is 0.562. The van der Waals surface area contributed by atoms with E-state index in [9.17, 15) is 18.0 Å². The van der Waals surface area contributed by atoms with Gasteiger partial charge in [-0.1, -0.05) is 6.07 Å². The lowest BCUT2D eigenvalue weighted by atomic mass is 10.1. The number of ether oxygens (including phenoxy) is 1. The van der Waals surface area contributed by atoms with E-state index in [1.165, 1.54) is 12.1 Å². The smallest absolute Gasteiger partial charge is 0.381 e. The van der Waals surface area contributed by atoms with E-state index in [-0.39, 0.29) is 11.8 Å². The van der Waals surface area contributed by atoms with Gasteiger partial charge in [-0.2, -0.15) is 13.2 Å². The third-order valence-electron chi connectivity index (χ3n) is 4.41. The number of carbonyl (C=O) groups excluding carboxylic acids is 1. The molecule has 1 unspecified atom stereocenters. The maximum Gasteiger partial charge on any atom is 0.416 e. The van der Waals surface area contributed by atoms with Crippen molar-refractivity contribution in [3.63, 3.8) is 0 Å². The quantitative estimate of drug-likeness (QED) is 0.836. The molecule has 0 radical (unpaired) electrons. The van der Waals surface area contributed by atoms with Gasteiger partial charge in [-0.3, -0.25) is 4.79 Å². The molecule has 0 aliphatic carbocycles. The second-order valence-corrected chi connectivity index (χ2v) is 5.92. The van der Waals surface area contributed by atoms with Crippen LogP contribution in [0, 0.1) is 5.92 Å². The van der Waals surface area contributed by atoms with E-state index in [1.807, 2.05) is 4.90 Å². The minimum atomic E-state index is -4.34. The Hall–Kier alpha value is -1.76. The number of halogens is 3. The molecule has 1 amide bonds. The van der Waals surface area contributed by atoms with Crippen LogP contribution in [0.15, 0.2) is 24.3 Å². The Morgan fingerprint density at radius 2 is 1.91 bits per heavy atom. The van der Waals surface area contributed by atoms with E-state index in [1.54, 1.807) is 11.0 Å². The molecule has 2 aliphatic rings. The van der Waals surface area contributed by atoms with Crippen molar-refractivity contribution < 1.29 is 22.7 Å². The van der Waals surface area contributed by atoms with E-state index in [2.05, 4.69) is 0 Å². The summed E-state index contributed by atoms with van der Waals surface area (Å²) in [6.07, 6.45) is -3.58. The van der Waals surface area contributed by atoms with Crippen molar-refractivity contribution in [2.24, 2.45) is 5.92 Å². The molecular formula is C16H19F3N2O2. The van der Waals surface area contributed by atoms with Gasteiger partial charge in [0.05, 0.1) is 18.1 Å². The zero-order valence-corrected chi connectivity index (χ0v) is 12.7. The first kappa shape index (κ1) is 16.1. The summed E-state index contributed by atoms with van der Waals surface area (Å²) in [6.45, 7) is 3.26. The van der Waals surface area contributed by atoms with Gasteiger partial charge in [0.25, 0.3) is 0 Å². The molecular weight excluding hydrogens is 309 g/mol. The largest absolute Gasteiger partial charge is 0.416 e. The van der Waals surface area contributed by atoms with Gasteiger partial charge in [-0.15, -0.1) is 0 Å². The summed E-state index contributed by atoms with van der Waals surface area (Å²) < 4.78 is 43.6. The maximum atomic E-state index is 12.8. The second-order valence-electron chi connectivity index (χ2n) is 5.92. The highest BCUT2D eigenvalue weighted by Crippen LogP contribution is 2.32. The average Bonchev–Trinajstić information content (AvgIpc) is 3.08. The third kappa shape index (κ3) is 3.60.